The molecule has 1 heterocycles. The molecule has 1 saturated carbocycles. The molecule has 1 fully saturated rings. The minimum Gasteiger partial charge on any atom is -0.292 e. The van der Waals surface area contributed by atoms with Crippen LogP contribution in [0, 0.1) is 5.92 Å². The zero-order valence-corrected chi connectivity index (χ0v) is 4.55. The second kappa shape index (κ2) is 1.19. The van der Waals surface area contributed by atoms with Crippen molar-refractivity contribution in [1.82, 2.24) is 0 Å². The summed E-state index contributed by atoms with van der Waals surface area (Å²) in [5.74, 6) is 0.620. The van der Waals surface area contributed by atoms with Crippen molar-refractivity contribution in [3.05, 3.63) is 0 Å². The van der Waals surface area contributed by atoms with Crippen molar-refractivity contribution in [3.63, 3.8) is 0 Å². The van der Waals surface area contributed by atoms with E-state index in [2.05, 4.69) is 4.99 Å². The van der Waals surface area contributed by atoms with Gasteiger partial charge in [0.25, 0.3) is 0 Å². The number of hydrogen-bond acceptors (Lipinski definition) is 2. The molecular formula is C6H7NO. The number of aliphatic imine (C=N–C) groups is 1. The number of ketones is 1. The van der Waals surface area contributed by atoms with Crippen molar-refractivity contribution < 1.29 is 4.79 Å². The van der Waals surface area contributed by atoms with Crippen LogP contribution in [-0.4, -0.2) is 18.0 Å². The number of fused-ring (bicyclic) bond motifs is 2. The topological polar surface area (TPSA) is 29.4 Å². The Bertz CT molecular complexity index is 171. The maximum absolute atomic E-state index is 10.8. The maximum atomic E-state index is 10.8. The van der Waals surface area contributed by atoms with Gasteiger partial charge in [0, 0.05) is 12.5 Å². The highest BCUT2D eigenvalue weighted by atomic mass is 16.1. The third-order valence-electron chi connectivity index (χ3n) is 1.89. The Morgan fingerprint density at radius 2 is 2.50 bits per heavy atom. The van der Waals surface area contributed by atoms with Crippen LogP contribution in [0.15, 0.2) is 4.99 Å². The highest BCUT2D eigenvalue weighted by Gasteiger charge is 2.34. The van der Waals surface area contributed by atoms with Crippen LogP contribution in [0.1, 0.15) is 12.8 Å². The lowest BCUT2D eigenvalue weighted by Crippen LogP contribution is -2.06. The van der Waals surface area contributed by atoms with E-state index >= 15 is 0 Å². The summed E-state index contributed by atoms with van der Waals surface area (Å²) in [6.07, 6.45) is 2.02. The molecule has 0 N–H and O–H groups in total. The first kappa shape index (κ1) is 4.24. The molecule has 2 nitrogen and oxygen atoms in total. The van der Waals surface area contributed by atoms with Gasteiger partial charge >= 0.3 is 0 Å². The normalized spacial score (nSPS) is 33.8. The average molecular weight is 109 g/mol. The van der Waals surface area contributed by atoms with E-state index in [1.807, 2.05) is 0 Å². The third-order valence-corrected chi connectivity index (χ3v) is 1.89. The summed E-state index contributed by atoms with van der Waals surface area (Å²) in [6.45, 7) is 0.786. The van der Waals surface area contributed by atoms with Crippen LogP contribution in [0.5, 0.6) is 0 Å². The first-order valence-corrected chi connectivity index (χ1v) is 2.95. The van der Waals surface area contributed by atoms with E-state index in [0.717, 1.165) is 25.1 Å². The van der Waals surface area contributed by atoms with Crippen molar-refractivity contribution >= 4 is 11.5 Å². The van der Waals surface area contributed by atoms with Gasteiger partial charge in [-0.3, -0.25) is 9.79 Å². The predicted octanol–water partition coefficient (Wildman–Crippen LogP) is 0.420. The van der Waals surface area contributed by atoms with E-state index in [4.69, 9.17) is 0 Å². The van der Waals surface area contributed by atoms with Crippen LogP contribution in [0.3, 0.4) is 0 Å². The molecule has 1 aliphatic carbocycles. The highest BCUT2D eigenvalue weighted by molar-refractivity contribution is 6.43. The van der Waals surface area contributed by atoms with Crippen molar-refractivity contribution in [2.45, 2.75) is 12.8 Å². The molecule has 42 valence electrons. The molecule has 0 saturated heterocycles. The van der Waals surface area contributed by atoms with Crippen LogP contribution in [-0.2, 0) is 4.79 Å². The summed E-state index contributed by atoms with van der Waals surface area (Å²) in [6, 6.07) is 0. The molecule has 0 aromatic rings. The number of rotatable bonds is 0. The van der Waals surface area contributed by atoms with Gasteiger partial charge < -0.3 is 0 Å². The van der Waals surface area contributed by atoms with E-state index in [0.29, 0.717) is 11.7 Å². The van der Waals surface area contributed by atoms with Crippen molar-refractivity contribution in [2.75, 3.05) is 6.54 Å². The fourth-order valence-electron chi connectivity index (χ4n) is 1.35. The lowest BCUT2D eigenvalue weighted by Gasteiger charge is -1.96. The van der Waals surface area contributed by atoms with Crippen molar-refractivity contribution in [2.24, 2.45) is 10.9 Å². The second-order valence-corrected chi connectivity index (χ2v) is 2.39. The van der Waals surface area contributed by atoms with Crippen LogP contribution in [0.25, 0.3) is 0 Å². The Hall–Kier alpha value is -0.660. The zero-order valence-electron chi connectivity index (χ0n) is 4.55. The smallest absolute Gasteiger partial charge is 0.181 e. The molecule has 0 amide bonds. The number of Topliss-reactive ketones (excluding diaryl/α,β-unsaturated/α-hetero) is 1. The second-order valence-electron chi connectivity index (χ2n) is 2.39. The zero-order chi connectivity index (χ0) is 5.56. The van der Waals surface area contributed by atoms with Gasteiger partial charge in [0.15, 0.2) is 5.78 Å². The van der Waals surface area contributed by atoms with E-state index < -0.39 is 0 Å². The van der Waals surface area contributed by atoms with Gasteiger partial charge in [0.1, 0.15) is 0 Å². The van der Waals surface area contributed by atoms with Gasteiger partial charge in [-0.2, -0.15) is 0 Å². The lowest BCUT2D eigenvalue weighted by molar-refractivity contribution is -0.114. The fraction of sp³-hybridized carbons (Fsp3) is 0.667. The number of carbonyl (C=O) groups is 1. The van der Waals surface area contributed by atoms with Gasteiger partial charge in [-0.15, -0.1) is 0 Å². The molecule has 0 spiro atoms. The molecule has 0 aromatic carbocycles. The number of carbonyl (C=O) groups excluding carboxylic acids is 1. The minimum absolute atomic E-state index is 0.296. The Morgan fingerprint density at radius 3 is 2.62 bits per heavy atom. The predicted molar refractivity (Wildman–Crippen MR) is 30.0 cm³/mol. The first-order chi connectivity index (χ1) is 3.88. The summed E-state index contributed by atoms with van der Waals surface area (Å²) in [7, 11) is 0. The fourth-order valence-corrected chi connectivity index (χ4v) is 1.35. The SMILES string of the molecule is O=C1C2=NCC1CC2. The standard InChI is InChI=1S/C6H7NO/c8-6-4-1-2-5(6)7-3-4/h4H,1-3H2. The molecule has 2 heteroatoms. The van der Waals surface area contributed by atoms with Gasteiger partial charge in [0.2, 0.25) is 0 Å². The molecule has 0 radical (unpaired) electrons. The van der Waals surface area contributed by atoms with Gasteiger partial charge in [-0.25, -0.2) is 0 Å². The third kappa shape index (κ3) is 0.335. The molecule has 2 aliphatic rings. The van der Waals surface area contributed by atoms with Crippen LogP contribution >= 0.6 is 0 Å². The minimum atomic E-state index is 0.296. The molecule has 2 rings (SSSR count). The van der Waals surface area contributed by atoms with E-state index in [9.17, 15) is 4.79 Å². The quantitative estimate of drug-likeness (QED) is 0.443. The first-order valence-electron chi connectivity index (χ1n) is 2.95. The monoisotopic (exact) mass is 109 g/mol. The summed E-state index contributed by atoms with van der Waals surface area (Å²) in [5, 5.41) is 0. The maximum Gasteiger partial charge on any atom is 0.181 e. The lowest BCUT2D eigenvalue weighted by atomic mass is 10.1. The molecule has 1 unspecified atom stereocenters. The molecule has 1 atom stereocenters. The summed E-state index contributed by atoms with van der Waals surface area (Å²) in [5.41, 5.74) is 0.856. The van der Waals surface area contributed by atoms with Crippen molar-refractivity contribution in [1.29, 1.82) is 0 Å². The van der Waals surface area contributed by atoms with Gasteiger partial charge in [-0.05, 0) is 12.8 Å². The van der Waals surface area contributed by atoms with Crippen LogP contribution < -0.4 is 0 Å². The summed E-state index contributed by atoms with van der Waals surface area (Å²) < 4.78 is 0. The van der Waals surface area contributed by atoms with E-state index in [1.165, 1.54) is 0 Å². The molecule has 8 heavy (non-hydrogen) atoms. The number of nitrogens with zero attached hydrogens (tertiary/aromatic N) is 1. The van der Waals surface area contributed by atoms with E-state index in [-0.39, 0.29) is 0 Å². The van der Waals surface area contributed by atoms with Crippen molar-refractivity contribution in [3.8, 4) is 0 Å². The van der Waals surface area contributed by atoms with Gasteiger partial charge in [0.05, 0.1) is 5.71 Å². The summed E-state index contributed by atoms with van der Waals surface area (Å²) >= 11 is 0. The molecular weight excluding hydrogens is 102 g/mol. The van der Waals surface area contributed by atoms with Crippen LogP contribution in [0.4, 0.5) is 0 Å². The Labute approximate surface area is 47.6 Å². The van der Waals surface area contributed by atoms with Crippen LogP contribution in [0.2, 0.25) is 0 Å². The van der Waals surface area contributed by atoms with E-state index in [1.54, 1.807) is 0 Å². The Balaban J connectivity index is 2.44. The molecule has 0 aromatic heterocycles. The average Bonchev–Trinajstić information content (AvgIpc) is 2.29. The van der Waals surface area contributed by atoms with Gasteiger partial charge in [-0.1, -0.05) is 0 Å². The number of hydrogen-bond donors (Lipinski definition) is 0. The largest absolute Gasteiger partial charge is 0.292 e. The highest BCUT2D eigenvalue weighted by Crippen LogP contribution is 2.25. The Morgan fingerprint density at radius 1 is 1.62 bits per heavy atom. The molecule has 2 bridgehead atoms. The molecule has 1 aliphatic heterocycles. The Kier molecular flexibility index (Phi) is 0.629. The summed E-state index contributed by atoms with van der Waals surface area (Å²) in [4.78, 5) is 14.9.